The van der Waals surface area contributed by atoms with Gasteiger partial charge < -0.3 is 23.6 Å². The zero-order valence-corrected chi connectivity index (χ0v) is 23.8. The fraction of sp³-hybridized carbons (Fsp3) is 1.00. The highest BCUT2D eigenvalue weighted by molar-refractivity contribution is 6.67. The molecule has 0 aliphatic heterocycles. The molecule has 0 spiro atoms. The third kappa shape index (κ3) is 11.1. The predicted octanol–water partition coefficient (Wildman–Crippen LogP) is 5.31. The first-order chi connectivity index (χ1) is 14.9. The molecule has 0 aromatic heterocycles. The molecule has 0 aromatic rings. The molecule has 0 bridgehead atoms. The SMILES string of the molecule is CCCN(CC)CC(CC[Si](CC)(OC)OC)(CN(CC)CCC)CN(CC)CCC. The molecule has 31 heavy (non-hydrogen) atoms. The van der Waals surface area contributed by atoms with E-state index in [0.29, 0.717) is 0 Å². The van der Waals surface area contributed by atoms with Gasteiger partial charge in [-0.2, -0.15) is 0 Å². The van der Waals surface area contributed by atoms with Crippen LogP contribution in [0.4, 0.5) is 0 Å². The van der Waals surface area contributed by atoms with Crippen molar-refractivity contribution in [2.45, 2.75) is 86.2 Å². The lowest BCUT2D eigenvalue weighted by Gasteiger charge is -2.45. The van der Waals surface area contributed by atoms with Crippen molar-refractivity contribution in [3.05, 3.63) is 0 Å². The van der Waals surface area contributed by atoms with Crippen LogP contribution in [0.2, 0.25) is 12.1 Å². The van der Waals surface area contributed by atoms with Gasteiger partial charge in [-0.05, 0) is 77.0 Å². The summed E-state index contributed by atoms with van der Waals surface area (Å²) in [5, 5.41) is 0. The van der Waals surface area contributed by atoms with Gasteiger partial charge in [-0.25, -0.2) is 0 Å². The molecule has 0 atom stereocenters. The molecule has 0 aliphatic carbocycles. The Morgan fingerprint density at radius 3 is 1.19 bits per heavy atom. The number of hydrogen-bond donors (Lipinski definition) is 0. The van der Waals surface area contributed by atoms with Gasteiger partial charge in [-0.3, -0.25) is 0 Å². The molecule has 0 saturated heterocycles. The quantitative estimate of drug-likeness (QED) is 0.217. The maximum atomic E-state index is 6.04. The fourth-order valence-corrected chi connectivity index (χ4v) is 7.43. The van der Waals surface area contributed by atoms with Crippen LogP contribution in [-0.2, 0) is 8.85 Å². The molecule has 0 unspecified atom stereocenters. The summed E-state index contributed by atoms with van der Waals surface area (Å²) < 4.78 is 12.1. The van der Waals surface area contributed by atoms with Gasteiger partial charge in [-0.1, -0.05) is 48.5 Å². The maximum absolute atomic E-state index is 6.04. The summed E-state index contributed by atoms with van der Waals surface area (Å²) in [6.45, 7) is 26.5. The Kier molecular flexibility index (Phi) is 17.5. The molecule has 0 saturated carbocycles. The molecular weight excluding hydrogens is 402 g/mol. The van der Waals surface area contributed by atoms with Gasteiger partial charge in [0.1, 0.15) is 0 Å². The summed E-state index contributed by atoms with van der Waals surface area (Å²) >= 11 is 0. The average molecular weight is 460 g/mol. The van der Waals surface area contributed by atoms with Crippen molar-refractivity contribution < 1.29 is 8.85 Å². The van der Waals surface area contributed by atoms with E-state index >= 15 is 0 Å². The first-order valence-electron chi connectivity index (χ1n) is 13.1. The van der Waals surface area contributed by atoms with E-state index in [2.05, 4.69) is 63.2 Å². The molecule has 188 valence electrons. The number of rotatable bonds is 21. The smallest absolute Gasteiger partial charge is 0.337 e. The standard InChI is InChI=1S/C25H57N3O2Si/c1-10-18-26(13-4)22-25(23-27(14-5)19-11-2,24-28(15-6)20-12-3)17-21-31(16-7,29-8)30-9/h10-24H2,1-9H3. The van der Waals surface area contributed by atoms with Crippen molar-refractivity contribution in [3.8, 4) is 0 Å². The molecule has 0 fully saturated rings. The van der Waals surface area contributed by atoms with Crippen molar-refractivity contribution in [1.29, 1.82) is 0 Å². The molecular formula is C25H57N3O2Si. The third-order valence-corrected chi connectivity index (χ3v) is 10.5. The van der Waals surface area contributed by atoms with Gasteiger partial charge in [0, 0.05) is 39.3 Å². The molecule has 5 nitrogen and oxygen atoms in total. The Hall–Kier alpha value is 0.0169. The van der Waals surface area contributed by atoms with Crippen molar-refractivity contribution >= 4 is 8.56 Å². The van der Waals surface area contributed by atoms with Crippen molar-refractivity contribution in [1.82, 2.24) is 14.7 Å². The first kappa shape index (κ1) is 31.0. The maximum Gasteiger partial charge on any atom is 0.337 e. The number of nitrogens with zero attached hydrogens (tertiary/aromatic N) is 3. The largest absolute Gasteiger partial charge is 0.398 e. The Balaban J connectivity index is 6.08. The second-order valence-electron chi connectivity index (χ2n) is 9.28. The van der Waals surface area contributed by atoms with Gasteiger partial charge in [-0.15, -0.1) is 0 Å². The first-order valence-corrected chi connectivity index (χ1v) is 15.4. The minimum Gasteiger partial charge on any atom is -0.398 e. The van der Waals surface area contributed by atoms with E-state index in [4.69, 9.17) is 8.85 Å². The van der Waals surface area contributed by atoms with Gasteiger partial charge in [0.05, 0.1) is 0 Å². The molecule has 0 heterocycles. The monoisotopic (exact) mass is 459 g/mol. The fourth-order valence-electron chi connectivity index (χ4n) is 5.01. The average Bonchev–Trinajstić information content (AvgIpc) is 2.79. The lowest BCUT2D eigenvalue weighted by molar-refractivity contribution is 0.0514. The molecule has 0 N–H and O–H groups in total. The van der Waals surface area contributed by atoms with Gasteiger partial charge in [0.2, 0.25) is 0 Å². The van der Waals surface area contributed by atoms with Crippen molar-refractivity contribution in [2.24, 2.45) is 5.41 Å². The predicted molar refractivity (Wildman–Crippen MR) is 139 cm³/mol. The van der Waals surface area contributed by atoms with Crippen LogP contribution in [0.5, 0.6) is 0 Å². The third-order valence-electron chi connectivity index (χ3n) is 6.96. The molecule has 0 amide bonds. The Morgan fingerprint density at radius 1 is 0.613 bits per heavy atom. The molecule has 0 rings (SSSR count). The van der Waals surface area contributed by atoms with E-state index in [9.17, 15) is 0 Å². The molecule has 0 radical (unpaired) electrons. The Morgan fingerprint density at radius 2 is 0.968 bits per heavy atom. The summed E-state index contributed by atoms with van der Waals surface area (Å²) in [5.74, 6) is 0. The van der Waals surface area contributed by atoms with Gasteiger partial charge >= 0.3 is 8.56 Å². The summed E-state index contributed by atoms with van der Waals surface area (Å²) in [4.78, 5) is 8.07. The van der Waals surface area contributed by atoms with Crippen LogP contribution >= 0.6 is 0 Å². The highest BCUT2D eigenvalue weighted by Gasteiger charge is 2.41. The lowest BCUT2D eigenvalue weighted by Crippen LogP contribution is -2.53. The Bertz CT molecular complexity index is 373. The summed E-state index contributed by atoms with van der Waals surface area (Å²) in [6.07, 6.45) is 4.82. The van der Waals surface area contributed by atoms with Crippen LogP contribution < -0.4 is 0 Å². The van der Waals surface area contributed by atoms with Crippen molar-refractivity contribution in [3.63, 3.8) is 0 Å². The lowest BCUT2D eigenvalue weighted by atomic mass is 9.82. The molecule has 6 heteroatoms. The minimum absolute atomic E-state index is 0.228. The zero-order valence-electron chi connectivity index (χ0n) is 22.8. The van der Waals surface area contributed by atoms with Crippen LogP contribution in [0.1, 0.15) is 74.1 Å². The number of hydrogen-bond acceptors (Lipinski definition) is 5. The van der Waals surface area contributed by atoms with E-state index in [1.165, 1.54) is 65.0 Å². The van der Waals surface area contributed by atoms with E-state index in [-0.39, 0.29) is 5.41 Å². The second-order valence-corrected chi connectivity index (χ2v) is 13.1. The van der Waals surface area contributed by atoms with Crippen LogP contribution in [0.15, 0.2) is 0 Å². The van der Waals surface area contributed by atoms with E-state index in [0.717, 1.165) is 31.7 Å². The Labute approximate surface area is 197 Å². The van der Waals surface area contributed by atoms with Gasteiger partial charge in [0.25, 0.3) is 0 Å². The van der Waals surface area contributed by atoms with E-state index < -0.39 is 8.56 Å². The topological polar surface area (TPSA) is 28.2 Å². The van der Waals surface area contributed by atoms with E-state index in [1.54, 1.807) is 0 Å². The summed E-state index contributed by atoms with van der Waals surface area (Å²) in [5.41, 5.74) is 0.228. The van der Waals surface area contributed by atoms with Gasteiger partial charge in [0.15, 0.2) is 0 Å². The highest BCUT2D eigenvalue weighted by atomic mass is 28.4. The summed E-state index contributed by atoms with van der Waals surface area (Å²) in [6, 6.07) is 2.09. The van der Waals surface area contributed by atoms with Crippen LogP contribution in [0.25, 0.3) is 0 Å². The highest BCUT2D eigenvalue weighted by Crippen LogP contribution is 2.33. The normalized spacial score (nSPS) is 13.2. The second kappa shape index (κ2) is 17.5. The van der Waals surface area contributed by atoms with E-state index in [1.807, 2.05) is 14.2 Å². The van der Waals surface area contributed by atoms with Crippen LogP contribution in [0, 0.1) is 5.41 Å². The van der Waals surface area contributed by atoms with Crippen molar-refractivity contribution in [2.75, 3.05) is 73.1 Å². The minimum atomic E-state index is -2.12. The summed E-state index contributed by atoms with van der Waals surface area (Å²) in [7, 11) is 1.60. The zero-order chi connectivity index (χ0) is 23.8. The van der Waals surface area contributed by atoms with Crippen LogP contribution in [-0.4, -0.2) is 96.4 Å². The molecule has 0 aromatic carbocycles. The molecule has 0 aliphatic rings. The van der Waals surface area contributed by atoms with Crippen LogP contribution in [0.3, 0.4) is 0 Å².